The molecule has 0 spiro atoms. The SMILES string of the molecule is CCOC(=O)c1cnn(CC(C)O)c1NC(=O)NCc1ccccc1F. The van der Waals surface area contributed by atoms with Gasteiger partial charge < -0.3 is 15.2 Å². The molecule has 0 bridgehead atoms. The van der Waals surface area contributed by atoms with Gasteiger partial charge in [-0.15, -0.1) is 0 Å². The molecule has 8 nitrogen and oxygen atoms in total. The molecule has 1 unspecified atom stereocenters. The van der Waals surface area contributed by atoms with Crippen LogP contribution in [0.3, 0.4) is 0 Å². The predicted octanol–water partition coefficient (Wildman–Crippen LogP) is 1.90. The average Bonchev–Trinajstić information content (AvgIpc) is 2.96. The molecule has 3 N–H and O–H groups in total. The first-order chi connectivity index (χ1) is 12.4. The van der Waals surface area contributed by atoms with Crippen LogP contribution in [0.25, 0.3) is 0 Å². The Balaban J connectivity index is 2.12. The van der Waals surface area contributed by atoms with E-state index in [-0.39, 0.29) is 31.1 Å². The highest BCUT2D eigenvalue weighted by atomic mass is 19.1. The Bertz CT molecular complexity index is 776. The number of carbonyl (C=O) groups is 2. The van der Waals surface area contributed by atoms with E-state index in [1.54, 1.807) is 32.0 Å². The van der Waals surface area contributed by atoms with Crippen LogP contribution >= 0.6 is 0 Å². The summed E-state index contributed by atoms with van der Waals surface area (Å²) >= 11 is 0. The van der Waals surface area contributed by atoms with E-state index in [0.29, 0.717) is 5.56 Å². The fourth-order valence-corrected chi connectivity index (χ4v) is 2.23. The fraction of sp³-hybridized carbons (Fsp3) is 0.353. The van der Waals surface area contributed by atoms with Gasteiger partial charge in [0.25, 0.3) is 0 Å². The van der Waals surface area contributed by atoms with Crippen LogP contribution in [0.15, 0.2) is 30.5 Å². The number of urea groups is 1. The maximum atomic E-state index is 13.6. The van der Waals surface area contributed by atoms with Crippen LogP contribution < -0.4 is 10.6 Å². The van der Waals surface area contributed by atoms with Gasteiger partial charge in [-0.05, 0) is 19.9 Å². The molecule has 1 heterocycles. The third-order valence-electron chi connectivity index (χ3n) is 3.40. The first kappa shape index (κ1) is 19.4. The number of hydrogen-bond acceptors (Lipinski definition) is 5. The first-order valence-corrected chi connectivity index (χ1v) is 8.11. The van der Waals surface area contributed by atoms with Crippen molar-refractivity contribution in [3.8, 4) is 0 Å². The van der Waals surface area contributed by atoms with Crippen molar-refractivity contribution in [2.45, 2.75) is 33.0 Å². The van der Waals surface area contributed by atoms with Gasteiger partial charge >= 0.3 is 12.0 Å². The van der Waals surface area contributed by atoms with Crippen molar-refractivity contribution in [2.75, 3.05) is 11.9 Å². The molecule has 2 rings (SSSR count). The molecule has 0 aliphatic heterocycles. The molecular formula is C17H21FN4O4. The molecule has 0 fully saturated rings. The summed E-state index contributed by atoms with van der Waals surface area (Å²) in [6.45, 7) is 3.42. The van der Waals surface area contributed by atoms with E-state index in [1.165, 1.54) is 16.9 Å². The second kappa shape index (κ2) is 8.95. The maximum absolute atomic E-state index is 13.6. The molecule has 2 aromatic rings. The lowest BCUT2D eigenvalue weighted by molar-refractivity contribution is 0.0527. The number of amides is 2. The molecule has 2 amide bonds. The summed E-state index contributed by atoms with van der Waals surface area (Å²) in [4.78, 5) is 24.2. The van der Waals surface area contributed by atoms with Gasteiger partial charge in [0.2, 0.25) is 0 Å². The van der Waals surface area contributed by atoms with Crippen molar-refractivity contribution >= 4 is 17.8 Å². The number of aliphatic hydroxyl groups excluding tert-OH is 1. The summed E-state index contributed by atoms with van der Waals surface area (Å²) in [5, 5.41) is 18.6. The third kappa shape index (κ3) is 5.03. The lowest BCUT2D eigenvalue weighted by Gasteiger charge is -2.13. The van der Waals surface area contributed by atoms with E-state index in [2.05, 4.69) is 15.7 Å². The van der Waals surface area contributed by atoms with Crippen LogP contribution in [0.4, 0.5) is 15.0 Å². The first-order valence-electron chi connectivity index (χ1n) is 8.11. The highest BCUT2D eigenvalue weighted by molar-refractivity contribution is 5.99. The Morgan fingerprint density at radius 2 is 2.12 bits per heavy atom. The van der Waals surface area contributed by atoms with Crippen molar-refractivity contribution in [1.29, 1.82) is 0 Å². The molecule has 1 atom stereocenters. The van der Waals surface area contributed by atoms with Crippen molar-refractivity contribution in [1.82, 2.24) is 15.1 Å². The maximum Gasteiger partial charge on any atom is 0.343 e. The minimum Gasteiger partial charge on any atom is -0.462 e. The second-order valence-electron chi connectivity index (χ2n) is 5.56. The zero-order valence-corrected chi connectivity index (χ0v) is 14.5. The van der Waals surface area contributed by atoms with Crippen LogP contribution in [0.1, 0.15) is 29.8 Å². The minimum absolute atomic E-state index is 0.0300. The summed E-state index contributed by atoms with van der Waals surface area (Å²) in [5.74, 6) is -0.983. The average molecular weight is 364 g/mol. The highest BCUT2D eigenvalue weighted by Gasteiger charge is 2.21. The summed E-state index contributed by atoms with van der Waals surface area (Å²) in [6, 6.07) is 5.42. The van der Waals surface area contributed by atoms with Crippen LogP contribution in [0.5, 0.6) is 0 Å². The number of rotatable bonds is 7. The molecule has 9 heteroatoms. The molecule has 1 aromatic heterocycles. The molecule has 1 aromatic carbocycles. The zero-order chi connectivity index (χ0) is 19.1. The number of anilines is 1. The van der Waals surface area contributed by atoms with Gasteiger partial charge in [-0.3, -0.25) is 5.32 Å². The molecule has 0 saturated carbocycles. The lowest BCUT2D eigenvalue weighted by atomic mass is 10.2. The van der Waals surface area contributed by atoms with E-state index in [4.69, 9.17) is 4.74 Å². The van der Waals surface area contributed by atoms with E-state index in [0.717, 1.165) is 0 Å². The summed E-state index contributed by atoms with van der Waals surface area (Å²) in [5.41, 5.74) is 0.388. The van der Waals surface area contributed by atoms with Gasteiger partial charge in [0.15, 0.2) is 0 Å². The smallest absolute Gasteiger partial charge is 0.343 e. The summed E-state index contributed by atoms with van der Waals surface area (Å²) < 4.78 is 19.8. The Kier molecular flexibility index (Phi) is 6.67. The molecular weight excluding hydrogens is 343 g/mol. The quantitative estimate of drug-likeness (QED) is 0.651. The predicted molar refractivity (Wildman–Crippen MR) is 92.1 cm³/mol. The Labute approximate surface area is 150 Å². The monoisotopic (exact) mass is 364 g/mol. The molecule has 0 aliphatic rings. The molecule has 0 radical (unpaired) electrons. The van der Waals surface area contributed by atoms with Gasteiger partial charge in [0, 0.05) is 12.1 Å². The van der Waals surface area contributed by atoms with Gasteiger partial charge in [0.05, 0.1) is 25.5 Å². The summed E-state index contributed by atoms with van der Waals surface area (Å²) in [6.07, 6.45) is 0.513. The normalized spacial score (nSPS) is 11.7. The van der Waals surface area contributed by atoms with Crippen molar-refractivity contribution in [3.63, 3.8) is 0 Å². The van der Waals surface area contributed by atoms with Crippen molar-refractivity contribution < 1.29 is 23.8 Å². The highest BCUT2D eigenvalue weighted by Crippen LogP contribution is 2.17. The van der Waals surface area contributed by atoms with Gasteiger partial charge in [-0.25, -0.2) is 18.7 Å². The van der Waals surface area contributed by atoms with Crippen molar-refractivity contribution in [2.24, 2.45) is 0 Å². The number of hydrogen-bond donors (Lipinski definition) is 3. The van der Waals surface area contributed by atoms with Crippen molar-refractivity contribution in [3.05, 3.63) is 47.4 Å². The number of benzene rings is 1. The van der Waals surface area contributed by atoms with Crippen LogP contribution in [0, 0.1) is 5.82 Å². The largest absolute Gasteiger partial charge is 0.462 e. The third-order valence-corrected chi connectivity index (χ3v) is 3.40. The zero-order valence-electron chi connectivity index (χ0n) is 14.5. The lowest BCUT2D eigenvalue weighted by Crippen LogP contribution is -2.31. The molecule has 140 valence electrons. The van der Waals surface area contributed by atoms with Gasteiger partial charge in [-0.2, -0.15) is 5.10 Å². The van der Waals surface area contributed by atoms with E-state index >= 15 is 0 Å². The Morgan fingerprint density at radius 3 is 2.77 bits per heavy atom. The van der Waals surface area contributed by atoms with E-state index in [9.17, 15) is 19.1 Å². The Hall–Kier alpha value is -2.94. The molecule has 26 heavy (non-hydrogen) atoms. The molecule has 0 aliphatic carbocycles. The van der Waals surface area contributed by atoms with E-state index < -0.39 is 23.9 Å². The fourth-order valence-electron chi connectivity index (χ4n) is 2.23. The topological polar surface area (TPSA) is 105 Å². The number of halogens is 1. The second-order valence-corrected chi connectivity index (χ2v) is 5.56. The molecule has 0 saturated heterocycles. The number of ether oxygens (including phenoxy) is 1. The van der Waals surface area contributed by atoms with Crippen LogP contribution in [0.2, 0.25) is 0 Å². The number of nitrogens with zero attached hydrogens (tertiary/aromatic N) is 2. The number of esters is 1. The standard InChI is InChI=1S/C17H21FN4O4/c1-3-26-16(24)13-9-20-22(10-11(2)23)15(13)21-17(25)19-8-12-6-4-5-7-14(12)18/h4-7,9,11,23H,3,8,10H2,1-2H3,(H2,19,21,25). The number of aromatic nitrogens is 2. The number of nitrogens with one attached hydrogen (secondary N) is 2. The van der Waals surface area contributed by atoms with Gasteiger partial charge in [-0.1, -0.05) is 18.2 Å². The number of aliphatic hydroxyl groups is 1. The van der Waals surface area contributed by atoms with Gasteiger partial charge in [0.1, 0.15) is 17.2 Å². The van der Waals surface area contributed by atoms with E-state index in [1.807, 2.05) is 0 Å². The Morgan fingerprint density at radius 1 is 1.38 bits per heavy atom. The van der Waals surface area contributed by atoms with Crippen LogP contribution in [-0.4, -0.2) is 39.6 Å². The summed E-state index contributed by atoms with van der Waals surface area (Å²) in [7, 11) is 0. The number of carbonyl (C=O) groups excluding carboxylic acids is 2. The van der Waals surface area contributed by atoms with Crippen LogP contribution in [-0.2, 0) is 17.8 Å². The minimum atomic E-state index is -0.744.